The van der Waals surface area contributed by atoms with E-state index in [2.05, 4.69) is 30.4 Å². The number of nitrogen functional groups attached to an aromatic ring is 1. The predicted octanol–water partition coefficient (Wildman–Crippen LogP) is 2.31. The van der Waals surface area contributed by atoms with Crippen LogP contribution in [0.4, 0.5) is 0 Å². The van der Waals surface area contributed by atoms with Gasteiger partial charge in [0.2, 0.25) is 0 Å². The summed E-state index contributed by atoms with van der Waals surface area (Å²) in [5, 5.41) is 1.30. The van der Waals surface area contributed by atoms with E-state index in [0.717, 1.165) is 24.1 Å². The van der Waals surface area contributed by atoms with Gasteiger partial charge in [0.1, 0.15) is 0 Å². The third-order valence-corrected chi connectivity index (χ3v) is 2.89. The molecule has 0 radical (unpaired) electrons. The highest BCUT2D eigenvalue weighted by molar-refractivity contribution is 5.88. The normalized spacial score (nSPS) is 14.6. The Morgan fingerprint density at radius 3 is 3.00 bits per heavy atom. The summed E-state index contributed by atoms with van der Waals surface area (Å²) in [5.74, 6) is 6.03. The van der Waals surface area contributed by atoms with E-state index in [0.29, 0.717) is 0 Å². The van der Waals surface area contributed by atoms with Gasteiger partial charge < -0.3 is 5.84 Å². The lowest BCUT2D eigenvalue weighted by molar-refractivity contribution is 0.951. The van der Waals surface area contributed by atoms with Gasteiger partial charge in [-0.15, -0.1) is 0 Å². The van der Waals surface area contributed by atoms with Crippen LogP contribution in [0, 0.1) is 0 Å². The smallest absolute Gasteiger partial charge is 0.0700 e. The molecule has 2 heteroatoms. The maximum Gasteiger partial charge on any atom is 0.0700 e. The molecule has 14 heavy (non-hydrogen) atoms. The number of benzene rings is 1. The summed E-state index contributed by atoms with van der Waals surface area (Å²) in [6, 6.07) is 8.32. The van der Waals surface area contributed by atoms with Crippen molar-refractivity contribution in [1.29, 1.82) is 0 Å². The molecule has 0 bridgehead atoms. The average molecular weight is 184 g/mol. The number of para-hydroxylation sites is 1. The second-order valence-electron chi connectivity index (χ2n) is 3.69. The Morgan fingerprint density at radius 2 is 2.07 bits per heavy atom. The summed E-state index contributed by atoms with van der Waals surface area (Å²) >= 11 is 0. The molecule has 1 aromatic heterocycles. The zero-order chi connectivity index (χ0) is 9.54. The van der Waals surface area contributed by atoms with Crippen molar-refractivity contribution in [2.24, 2.45) is 0 Å². The number of nitrogens with two attached hydrogens (primary N) is 1. The van der Waals surface area contributed by atoms with Gasteiger partial charge in [-0.05, 0) is 30.5 Å². The predicted molar refractivity (Wildman–Crippen MR) is 59.4 cm³/mol. The molecule has 1 aliphatic carbocycles. The molecule has 2 aromatic rings. The first-order chi connectivity index (χ1) is 6.88. The van der Waals surface area contributed by atoms with Crippen LogP contribution in [0.1, 0.15) is 17.7 Å². The van der Waals surface area contributed by atoms with E-state index in [9.17, 15) is 0 Å². The number of hydrogen-bond donors (Lipinski definition) is 1. The van der Waals surface area contributed by atoms with Crippen LogP contribution < -0.4 is 5.84 Å². The van der Waals surface area contributed by atoms with Gasteiger partial charge in [-0.1, -0.05) is 24.3 Å². The maximum absolute atomic E-state index is 6.03. The molecule has 2 nitrogen and oxygen atoms in total. The minimum absolute atomic E-state index is 1.11. The van der Waals surface area contributed by atoms with Gasteiger partial charge in [0, 0.05) is 5.39 Å². The van der Waals surface area contributed by atoms with Crippen LogP contribution in [0.3, 0.4) is 0 Å². The lowest BCUT2D eigenvalue weighted by atomic mass is 10.0. The fourth-order valence-electron chi connectivity index (χ4n) is 2.22. The van der Waals surface area contributed by atoms with E-state index in [-0.39, 0.29) is 0 Å². The van der Waals surface area contributed by atoms with Gasteiger partial charge in [-0.25, -0.2) is 0 Å². The Bertz CT molecular complexity index is 520. The lowest BCUT2D eigenvalue weighted by Crippen LogP contribution is -2.10. The van der Waals surface area contributed by atoms with E-state index < -0.39 is 0 Å². The van der Waals surface area contributed by atoms with E-state index in [4.69, 9.17) is 5.84 Å². The molecule has 0 amide bonds. The van der Waals surface area contributed by atoms with Crippen molar-refractivity contribution >= 4 is 17.0 Å². The second kappa shape index (κ2) is 2.64. The Labute approximate surface area is 82.6 Å². The summed E-state index contributed by atoms with van der Waals surface area (Å²) in [5.41, 5.74) is 3.69. The molecule has 0 saturated heterocycles. The Hall–Kier alpha value is -1.70. The van der Waals surface area contributed by atoms with Crippen LogP contribution in [0.2, 0.25) is 0 Å². The molecular weight excluding hydrogens is 172 g/mol. The molecule has 1 aliphatic rings. The minimum atomic E-state index is 1.11. The van der Waals surface area contributed by atoms with Crippen molar-refractivity contribution in [1.82, 2.24) is 4.68 Å². The zero-order valence-electron chi connectivity index (χ0n) is 7.90. The molecule has 0 saturated carbocycles. The Balaban J connectivity index is 2.48. The van der Waals surface area contributed by atoms with Crippen LogP contribution in [0.5, 0.6) is 0 Å². The zero-order valence-corrected chi connectivity index (χ0v) is 7.90. The number of aryl methyl sites for hydroxylation is 1. The van der Waals surface area contributed by atoms with E-state index >= 15 is 0 Å². The Kier molecular flexibility index (Phi) is 1.45. The van der Waals surface area contributed by atoms with Gasteiger partial charge in [-0.3, -0.25) is 4.68 Å². The maximum atomic E-state index is 6.03. The minimum Gasteiger partial charge on any atom is -0.339 e. The topological polar surface area (TPSA) is 30.9 Å². The van der Waals surface area contributed by atoms with Gasteiger partial charge >= 0.3 is 0 Å². The van der Waals surface area contributed by atoms with Crippen LogP contribution in [0.25, 0.3) is 17.0 Å². The molecule has 1 heterocycles. The highest BCUT2D eigenvalue weighted by Crippen LogP contribution is 2.29. The molecule has 1 aromatic carbocycles. The molecule has 70 valence electrons. The molecule has 2 N–H and O–H groups in total. The number of hydrogen-bond acceptors (Lipinski definition) is 1. The Morgan fingerprint density at radius 1 is 1.21 bits per heavy atom. The molecule has 0 atom stereocenters. The fraction of sp³-hybridized carbons (Fsp3) is 0.167. The number of nitrogens with zero attached hydrogens (tertiary/aromatic N) is 1. The molecule has 3 rings (SSSR count). The molecule has 0 fully saturated rings. The quantitative estimate of drug-likeness (QED) is 0.626. The summed E-state index contributed by atoms with van der Waals surface area (Å²) in [6.45, 7) is 0. The van der Waals surface area contributed by atoms with Gasteiger partial charge in [0.05, 0.1) is 11.2 Å². The summed E-state index contributed by atoms with van der Waals surface area (Å²) in [6.07, 6.45) is 6.54. The highest BCUT2D eigenvalue weighted by atomic mass is 15.3. The van der Waals surface area contributed by atoms with Gasteiger partial charge in [-0.2, -0.15) is 0 Å². The summed E-state index contributed by atoms with van der Waals surface area (Å²) in [7, 11) is 0. The van der Waals surface area contributed by atoms with Crippen LogP contribution in [0.15, 0.2) is 30.3 Å². The summed E-state index contributed by atoms with van der Waals surface area (Å²) < 4.78 is 1.79. The van der Waals surface area contributed by atoms with E-state index in [1.165, 1.54) is 10.9 Å². The number of fused-ring (bicyclic) bond motifs is 3. The number of allylic oxidation sites excluding steroid dienone is 1. The van der Waals surface area contributed by atoms with Crippen LogP contribution in [-0.4, -0.2) is 4.68 Å². The van der Waals surface area contributed by atoms with Crippen molar-refractivity contribution < 1.29 is 0 Å². The standard InChI is InChI=1S/C12H12N2/c13-14-11-7-3-1-5-9(11)10-6-2-4-8-12(10)14/h1,3-5,7-8H,2,6,13H2. The second-order valence-corrected chi connectivity index (χ2v) is 3.69. The van der Waals surface area contributed by atoms with Crippen molar-refractivity contribution in [2.75, 3.05) is 5.84 Å². The number of rotatable bonds is 0. The van der Waals surface area contributed by atoms with Crippen LogP contribution in [-0.2, 0) is 6.42 Å². The third-order valence-electron chi connectivity index (χ3n) is 2.89. The lowest BCUT2D eigenvalue weighted by Gasteiger charge is -2.06. The highest BCUT2D eigenvalue weighted by Gasteiger charge is 2.14. The molecule has 0 spiro atoms. The third kappa shape index (κ3) is 0.854. The van der Waals surface area contributed by atoms with E-state index in [1.54, 1.807) is 4.68 Å². The monoisotopic (exact) mass is 184 g/mol. The molecule has 0 unspecified atom stereocenters. The largest absolute Gasteiger partial charge is 0.339 e. The van der Waals surface area contributed by atoms with Crippen molar-refractivity contribution in [3.8, 4) is 0 Å². The fourth-order valence-corrected chi connectivity index (χ4v) is 2.22. The molecular formula is C12H12N2. The van der Waals surface area contributed by atoms with Crippen molar-refractivity contribution in [3.63, 3.8) is 0 Å². The average Bonchev–Trinajstić information content (AvgIpc) is 2.55. The summed E-state index contributed by atoms with van der Waals surface area (Å²) in [4.78, 5) is 0. The van der Waals surface area contributed by atoms with Crippen molar-refractivity contribution in [2.45, 2.75) is 12.8 Å². The van der Waals surface area contributed by atoms with E-state index in [1.807, 2.05) is 6.07 Å². The molecule has 0 aliphatic heterocycles. The SMILES string of the molecule is Nn1c2c(c3ccccc31)CCC=C2. The first kappa shape index (κ1) is 7.68. The first-order valence-electron chi connectivity index (χ1n) is 4.92. The van der Waals surface area contributed by atoms with Gasteiger partial charge in [0.25, 0.3) is 0 Å². The first-order valence-corrected chi connectivity index (χ1v) is 4.92. The van der Waals surface area contributed by atoms with Gasteiger partial charge in [0.15, 0.2) is 0 Å². The number of aromatic nitrogens is 1. The van der Waals surface area contributed by atoms with Crippen molar-refractivity contribution in [3.05, 3.63) is 41.6 Å². The van der Waals surface area contributed by atoms with Crippen LogP contribution >= 0.6 is 0 Å².